The van der Waals surface area contributed by atoms with Crippen LogP contribution in [0.1, 0.15) is 29.5 Å². The quantitative estimate of drug-likeness (QED) is 0.524. The zero-order chi connectivity index (χ0) is 19.9. The Morgan fingerprint density at radius 2 is 2.00 bits per heavy atom. The van der Waals surface area contributed by atoms with Gasteiger partial charge in [-0.05, 0) is 35.2 Å². The topological polar surface area (TPSA) is 45.2 Å². The highest BCUT2D eigenvalue weighted by Gasteiger charge is 2.35. The highest BCUT2D eigenvalue weighted by molar-refractivity contribution is 6.31. The fraction of sp³-hybridized carbons (Fsp3) is 0.294. The largest absolute Gasteiger partial charge is 0.417 e. The summed E-state index contributed by atoms with van der Waals surface area (Å²) in [5, 5.41) is 1.50. The van der Waals surface area contributed by atoms with Gasteiger partial charge in [-0.2, -0.15) is 17.6 Å². The normalized spacial score (nSPS) is 16.9. The molecule has 0 bridgehead atoms. The number of amides is 2. The summed E-state index contributed by atoms with van der Waals surface area (Å²) in [6.07, 6.45) is -3.50. The van der Waals surface area contributed by atoms with Crippen molar-refractivity contribution in [2.24, 2.45) is 0 Å². The summed E-state index contributed by atoms with van der Waals surface area (Å²) in [5.74, 6) is -2.08. The molecule has 144 valence electrons. The number of nitrogens with zero attached hydrogens (tertiary/aromatic N) is 2. The number of hydrogen-bond acceptors (Lipinski definition) is 2. The number of urea groups is 1. The van der Waals surface area contributed by atoms with Gasteiger partial charge in [-0.1, -0.05) is 18.5 Å². The van der Waals surface area contributed by atoms with Gasteiger partial charge >= 0.3 is 12.2 Å². The van der Waals surface area contributed by atoms with Crippen LogP contribution in [0.25, 0.3) is 0 Å². The average Bonchev–Trinajstić information content (AvgIpc) is 2.57. The Morgan fingerprint density at radius 1 is 1.30 bits per heavy atom. The van der Waals surface area contributed by atoms with Crippen molar-refractivity contribution in [3.8, 4) is 0 Å². The number of alkyl halides is 3. The molecule has 0 radical (unpaired) electrons. The Hall–Kier alpha value is -2.42. The van der Waals surface area contributed by atoms with Crippen molar-refractivity contribution in [1.29, 1.82) is 0 Å². The summed E-state index contributed by atoms with van der Waals surface area (Å²) < 4.78 is 65.5. The third-order valence-corrected chi connectivity index (χ3v) is 4.58. The standard InChI is InChI=1S/C17H13ClF5N3O/c1-8-6-26(7-9-5-24-15(20)2-10(8)9)16(27)25-14-4-12(18)11(3-13(14)19)17(21,22)23/h2-5,8H,6-7H2,1H3,(H,25,27). The van der Waals surface area contributed by atoms with E-state index in [0.717, 1.165) is 11.6 Å². The molecule has 0 saturated carbocycles. The third-order valence-electron chi connectivity index (χ3n) is 4.27. The van der Waals surface area contributed by atoms with Gasteiger partial charge in [0.2, 0.25) is 5.95 Å². The fourth-order valence-corrected chi connectivity index (χ4v) is 3.24. The molecule has 1 aliphatic heterocycles. The van der Waals surface area contributed by atoms with Gasteiger partial charge in [0.15, 0.2) is 0 Å². The molecule has 1 N–H and O–H groups in total. The van der Waals surface area contributed by atoms with E-state index in [-0.39, 0.29) is 25.1 Å². The molecule has 3 rings (SSSR count). The van der Waals surface area contributed by atoms with Crippen molar-refractivity contribution < 1.29 is 26.7 Å². The van der Waals surface area contributed by atoms with Crippen LogP contribution in [0.3, 0.4) is 0 Å². The van der Waals surface area contributed by atoms with Crippen LogP contribution in [0, 0.1) is 11.8 Å². The van der Waals surface area contributed by atoms with Crippen molar-refractivity contribution in [3.05, 3.63) is 57.9 Å². The molecule has 4 nitrogen and oxygen atoms in total. The van der Waals surface area contributed by atoms with Crippen molar-refractivity contribution in [2.75, 3.05) is 11.9 Å². The zero-order valence-corrected chi connectivity index (χ0v) is 14.6. The smallest absolute Gasteiger partial charge is 0.320 e. The summed E-state index contributed by atoms with van der Waals surface area (Å²) in [7, 11) is 0. The van der Waals surface area contributed by atoms with Crippen LogP contribution in [0.15, 0.2) is 24.4 Å². The number of aromatic nitrogens is 1. The minimum atomic E-state index is -4.81. The predicted octanol–water partition coefficient (Wildman–Crippen LogP) is 5.18. The summed E-state index contributed by atoms with van der Waals surface area (Å²) in [4.78, 5) is 17.3. The molecule has 2 aromatic rings. The highest BCUT2D eigenvalue weighted by atomic mass is 35.5. The van der Waals surface area contributed by atoms with Crippen LogP contribution in [-0.4, -0.2) is 22.5 Å². The second-order valence-electron chi connectivity index (χ2n) is 6.23. The van der Waals surface area contributed by atoms with Crippen molar-refractivity contribution in [2.45, 2.75) is 25.6 Å². The fourth-order valence-electron chi connectivity index (χ4n) is 2.97. The highest BCUT2D eigenvalue weighted by Crippen LogP contribution is 2.37. The lowest BCUT2D eigenvalue weighted by Gasteiger charge is -2.32. The van der Waals surface area contributed by atoms with Gasteiger partial charge in [0.1, 0.15) is 5.82 Å². The maximum Gasteiger partial charge on any atom is 0.417 e. The molecule has 1 unspecified atom stereocenters. The maximum absolute atomic E-state index is 14.0. The van der Waals surface area contributed by atoms with Crippen molar-refractivity contribution >= 4 is 23.3 Å². The molecule has 0 fully saturated rings. The molecule has 10 heteroatoms. The van der Waals surface area contributed by atoms with Crippen LogP contribution in [-0.2, 0) is 12.7 Å². The summed E-state index contributed by atoms with van der Waals surface area (Å²) in [5.41, 5.74) is -0.437. The average molecular weight is 406 g/mol. The Bertz CT molecular complexity index is 903. The predicted molar refractivity (Wildman–Crippen MR) is 88.5 cm³/mol. The molecular weight excluding hydrogens is 393 g/mol. The number of anilines is 1. The van der Waals surface area contributed by atoms with E-state index in [1.165, 1.54) is 17.2 Å². The second kappa shape index (κ2) is 6.95. The molecule has 1 atom stereocenters. The Kier molecular flexibility index (Phi) is 4.98. The van der Waals surface area contributed by atoms with Gasteiger partial charge in [-0.15, -0.1) is 0 Å². The summed E-state index contributed by atoms with van der Waals surface area (Å²) >= 11 is 5.56. The maximum atomic E-state index is 14.0. The molecule has 0 spiro atoms. The monoisotopic (exact) mass is 405 g/mol. The van der Waals surface area contributed by atoms with E-state index >= 15 is 0 Å². The SMILES string of the molecule is CC1CN(C(=O)Nc2cc(Cl)c(C(F)(F)F)cc2F)Cc2cnc(F)cc21. The Balaban J connectivity index is 1.80. The molecule has 27 heavy (non-hydrogen) atoms. The van der Waals surface area contributed by atoms with Crippen LogP contribution >= 0.6 is 11.6 Å². The second-order valence-corrected chi connectivity index (χ2v) is 6.63. The van der Waals surface area contributed by atoms with Gasteiger partial charge in [-0.3, -0.25) is 0 Å². The van der Waals surface area contributed by atoms with Gasteiger partial charge < -0.3 is 10.2 Å². The number of carbonyl (C=O) groups excluding carboxylic acids is 1. The molecule has 1 aromatic carbocycles. The third kappa shape index (κ3) is 3.97. The molecular formula is C17H13ClF5N3O. The number of hydrogen-bond donors (Lipinski definition) is 1. The lowest BCUT2D eigenvalue weighted by atomic mass is 9.93. The van der Waals surface area contributed by atoms with Crippen molar-refractivity contribution in [1.82, 2.24) is 9.88 Å². The molecule has 0 saturated heterocycles. The number of pyridine rings is 1. The number of carbonyl (C=O) groups is 1. The van der Waals surface area contributed by atoms with Crippen LogP contribution in [0.2, 0.25) is 5.02 Å². The van der Waals surface area contributed by atoms with E-state index in [1.54, 1.807) is 6.92 Å². The minimum Gasteiger partial charge on any atom is -0.320 e. The lowest BCUT2D eigenvalue weighted by Crippen LogP contribution is -2.40. The van der Waals surface area contributed by atoms with E-state index < -0.39 is 40.2 Å². The first-order valence-electron chi connectivity index (χ1n) is 7.82. The first-order chi connectivity index (χ1) is 12.6. The molecule has 1 aliphatic rings. The summed E-state index contributed by atoms with van der Waals surface area (Å²) in [6, 6.07) is 1.53. The number of nitrogens with one attached hydrogen (secondary N) is 1. The molecule has 0 aliphatic carbocycles. The van der Waals surface area contributed by atoms with E-state index in [1.807, 2.05) is 0 Å². The Labute approximate surface area is 155 Å². The number of fused-ring (bicyclic) bond motifs is 1. The van der Waals surface area contributed by atoms with Gasteiger partial charge in [0.25, 0.3) is 0 Å². The van der Waals surface area contributed by atoms with Crippen molar-refractivity contribution in [3.63, 3.8) is 0 Å². The number of benzene rings is 1. The zero-order valence-electron chi connectivity index (χ0n) is 13.9. The van der Waals surface area contributed by atoms with Gasteiger partial charge in [-0.25, -0.2) is 14.2 Å². The lowest BCUT2D eigenvalue weighted by molar-refractivity contribution is -0.137. The summed E-state index contributed by atoms with van der Waals surface area (Å²) in [6.45, 7) is 2.11. The number of halogens is 6. The minimum absolute atomic E-state index is 0.106. The van der Waals surface area contributed by atoms with Gasteiger partial charge in [0.05, 0.1) is 16.3 Å². The van der Waals surface area contributed by atoms with Crippen LogP contribution in [0.4, 0.5) is 32.4 Å². The number of rotatable bonds is 1. The first kappa shape index (κ1) is 19.3. The molecule has 2 amide bonds. The van der Waals surface area contributed by atoms with E-state index in [2.05, 4.69) is 10.3 Å². The molecule has 2 heterocycles. The van der Waals surface area contributed by atoms with Crippen LogP contribution in [0.5, 0.6) is 0 Å². The van der Waals surface area contributed by atoms with E-state index in [0.29, 0.717) is 5.56 Å². The van der Waals surface area contributed by atoms with E-state index in [4.69, 9.17) is 11.6 Å². The van der Waals surface area contributed by atoms with Crippen LogP contribution < -0.4 is 5.32 Å². The molecule has 1 aromatic heterocycles. The Morgan fingerprint density at radius 3 is 2.67 bits per heavy atom. The van der Waals surface area contributed by atoms with Gasteiger partial charge in [0, 0.05) is 19.3 Å². The first-order valence-corrected chi connectivity index (χ1v) is 8.20. The van der Waals surface area contributed by atoms with E-state index in [9.17, 15) is 26.7 Å².